The van der Waals surface area contributed by atoms with Crippen LogP contribution in [0.1, 0.15) is 22.7 Å². The van der Waals surface area contributed by atoms with Crippen molar-refractivity contribution in [3.05, 3.63) is 129 Å². The van der Waals surface area contributed by atoms with Gasteiger partial charge in [-0.2, -0.15) is 0 Å². The van der Waals surface area contributed by atoms with Gasteiger partial charge in [0.2, 0.25) is 10.0 Å². The van der Waals surface area contributed by atoms with Crippen molar-refractivity contribution in [2.75, 3.05) is 12.4 Å². The molecule has 0 heterocycles. The van der Waals surface area contributed by atoms with Crippen LogP contribution in [0, 0.1) is 6.92 Å². The molecule has 0 amide bonds. The highest BCUT2D eigenvalue weighted by molar-refractivity contribution is 9.10. The zero-order valence-corrected chi connectivity index (χ0v) is 23.8. The van der Waals surface area contributed by atoms with E-state index in [9.17, 15) is 13.2 Å². The van der Waals surface area contributed by atoms with Gasteiger partial charge in [0, 0.05) is 15.2 Å². The van der Waals surface area contributed by atoms with E-state index in [1.807, 2.05) is 13.0 Å². The maximum absolute atomic E-state index is 13.9. The number of sulfonamides is 1. The Morgan fingerprint density at radius 2 is 1.58 bits per heavy atom. The number of rotatable bonds is 9. The number of hydrogen-bond donors (Lipinski definition) is 2. The van der Waals surface area contributed by atoms with Gasteiger partial charge in [-0.1, -0.05) is 93.8 Å². The lowest BCUT2D eigenvalue weighted by Crippen LogP contribution is -2.54. The molecule has 0 aliphatic carbocycles. The van der Waals surface area contributed by atoms with Crippen LogP contribution in [0.3, 0.4) is 0 Å². The van der Waals surface area contributed by atoms with E-state index in [0.29, 0.717) is 21.8 Å². The Bertz CT molecular complexity index is 1510. The molecule has 2 N–H and O–H groups in total. The van der Waals surface area contributed by atoms with E-state index in [4.69, 9.17) is 16.3 Å². The summed E-state index contributed by atoms with van der Waals surface area (Å²) in [4.78, 5) is 14.0. The fourth-order valence-electron chi connectivity index (χ4n) is 4.26. The number of hydrogen-bond acceptors (Lipinski definition) is 5. The van der Waals surface area contributed by atoms with E-state index in [1.54, 1.807) is 84.9 Å². The van der Waals surface area contributed by atoms with Crippen molar-refractivity contribution in [2.24, 2.45) is 0 Å². The number of carbonyl (C=O) groups is 1. The van der Waals surface area contributed by atoms with E-state index < -0.39 is 27.6 Å². The first-order valence-electron chi connectivity index (χ1n) is 11.7. The summed E-state index contributed by atoms with van der Waals surface area (Å²) < 4.78 is 36.5. The molecule has 6 nitrogen and oxygen atoms in total. The molecule has 38 heavy (non-hydrogen) atoms. The summed E-state index contributed by atoms with van der Waals surface area (Å²) in [5, 5.41) is 3.75. The van der Waals surface area contributed by atoms with Gasteiger partial charge >= 0.3 is 5.97 Å². The van der Waals surface area contributed by atoms with Crippen LogP contribution in [-0.4, -0.2) is 21.5 Å². The molecule has 0 aliphatic heterocycles. The summed E-state index contributed by atoms with van der Waals surface area (Å²) >= 11 is 9.71. The van der Waals surface area contributed by atoms with Crippen LogP contribution in [0.4, 0.5) is 5.69 Å². The summed E-state index contributed by atoms with van der Waals surface area (Å²) in [5.41, 5.74) is 0.721. The van der Waals surface area contributed by atoms with Crippen LogP contribution in [0.15, 0.2) is 112 Å². The first-order valence-corrected chi connectivity index (χ1v) is 14.3. The van der Waals surface area contributed by atoms with Crippen molar-refractivity contribution in [1.82, 2.24) is 4.72 Å². The van der Waals surface area contributed by atoms with E-state index in [1.165, 1.54) is 19.2 Å². The second-order valence-electron chi connectivity index (χ2n) is 8.72. The number of aryl methyl sites for hydroxylation is 1. The van der Waals surface area contributed by atoms with Crippen LogP contribution in [0.2, 0.25) is 5.02 Å². The Morgan fingerprint density at radius 3 is 2.18 bits per heavy atom. The molecule has 4 aromatic carbocycles. The second kappa shape index (κ2) is 11.7. The molecular weight excluding hydrogens is 588 g/mol. The fourth-order valence-corrected chi connectivity index (χ4v) is 5.96. The lowest BCUT2D eigenvalue weighted by molar-refractivity contribution is -0.147. The van der Waals surface area contributed by atoms with Gasteiger partial charge in [0.25, 0.3) is 0 Å². The zero-order chi connectivity index (χ0) is 27.3. The maximum Gasteiger partial charge on any atom is 0.338 e. The zero-order valence-electron chi connectivity index (χ0n) is 20.7. The number of halogens is 2. The first kappa shape index (κ1) is 27.9. The lowest BCUT2D eigenvalue weighted by Gasteiger charge is -2.40. The third kappa shape index (κ3) is 5.94. The number of ether oxygens (including phenoxy) is 1. The van der Waals surface area contributed by atoms with Crippen molar-refractivity contribution in [1.29, 1.82) is 0 Å². The van der Waals surface area contributed by atoms with Gasteiger partial charge in [-0.3, -0.25) is 0 Å². The Kier molecular flexibility index (Phi) is 8.57. The van der Waals surface area contributed by atoms with E-state index in [2.05, 4.69) is 26.0 Å². The van der Waals surface area contributed by atoms with Gasteiger partial charge in [0.05, 0.1) is 18.0 Å². The second-order valence-corrected chi connectivity index (χ2v) is 11.8. The SMILES string of the molecule is COC(=O)[C@](Nc1cccc(Cl)c1)(c1ccccc1)[C@@H](NS(=O)(=O)c1ccc(C)cc1)c1ccc(Br)cc1. The lowest BCUT2D eigenvalue weighted by atomic mass is 9.79. The average molecular weight is 614 g/mol. The summed E-state index contributed by atoms with van der Waals surface area (Å²) in [6.45, 7) is 1.88. The van der Waals surface area contributed by atoms with Crippen molar-refractivity contribution in [3.8, 4) is 0 Å². The average Bonchev–Trinajstić information content (AvgIpc) is 2.91. The minimum Gasteiger partial charge on any atom is -0.467 e. The third-order valence-electron chi connectivity index (χ3n) is 6.14. The Balaban J connectivity index is 1.99. The molecule has 0 unspecified atom stereocenters. The number of carbonyl (C=O) groups excluding carboxylic acids is 1. The van der Waals surface area contributed by atoms with Crippen LogP contribution in [-0.2, 0) is 25.1 Å². The number of nitrogens with one attached hydrogen (secondary N) is 2. The first-order chi connectivity index (χ1) is 18.2. The molecule has 196 valence electrons. The minimum absolute atomic E-state index is 0.0693. The van der Waals surface area contributed by atoms with E-state index >= 15 is 0 Å². The van der Waals surface area contributed by atoms with Crippen LogP contribution in [0.5, 0.6) is 0 Å². The topological polar surface area (TPSA) is 84.5 Å². The Morgan fingerprint density at radius 1 is 0.921 bits per heavy atom. The van der Waals surface area contributed by atoms with Crippen LogP contribution < -0.4 is 10.0 Å². The minimum atomic E-state index is -4.10. The van der Waals surface area contributed by atoms with E-state index in [0.717, 1.165) is 10.0 Å². The van der Waals surface area contributed by atoms with Gasteiger partial charge in [-0.05, 0) is 60.5 Å². The van der Waals surface area contributed by atoms with Crippen LogP contribution >= 0.6 is 27.5 Å². The highest BCUT2D eigenvalue weighted by Gasteiger charge is 2.51. The number of esters is 1. The highest BCUT2D eigenvalue weighted by Crippen LogP contribution is 2.41. The molecule has 0 fully saturated rings. The molecule has 0 aliphatic rings. The summed E-state index contributed by atoms with van der Waals surface area (Å²) in [6, 6.07) is 28.2. The molecule has 0 spiro atoms. The van der Waals surface area contributed by atoms with Crippen molar-refractivity contribution in [3.63, 3.8) is 0 Å². The molecule has 0 bridgehead atoms. The molecule has 4 rings (SSSR count). The monoisotopic (exact) mass is 612 g/mol. The summed E-state index contributed by atoms with van der Waals surface area (Å²) in [5.74, 6) is -0.691. The molecule has 4 aromatic rings. The van der Waals surface area contributed by atoms with Gasteiger partial charge in [-0.15, -0.1) is 0 Å². The molecule has 0 radical (unpaired) electrons. The smallest absolute Gasteiger partial charge is 0.338 e. The van der Waals surface area contributed by atoms with Gasteiger partial charge in [0.1, 0.15) is 0 Å². The van der Waals surface area contributed by atoms with Crippen LogP contribution in [0.25, 0.3) is 0 Å². The quantitative estimate of drug-likeness (QED) is 0.208. The Labute approximate surface area is 236 Å². The van der Waals surface area contributed by atoms with Crippen molar-refractivity contribution >= 4 is 49.2 Å². The molecule has 9 heteroatoms. The number of anilines is 1. The van der Waals surface area contributed by atoms with Gasteiger partial charge < -0.3 is 10.1 Å². The van der Waals surface area contributed by atoms with Crippen molar-refractivity contribution < 1.29 is 17.9 Å². The van der Waals surface area contributed by atoms with E-state index in [-0.39, 0.29) is 4.90 Å². The normalized spacial score (nSPS) is 13.8. The highest BCUT2D eigenvalue weighted by atomic mass is 79.9. The summed E-state index contributed by atoms with van der Waals surface area (Å²) in [7, 11) is -2.83. The summed E-state index contributed by atoms with van der Waals surface area (Å²) in [6.07, 6.45) is 0. The predicted octanol–water partition coefficient (Wildman–Crippen LogP) is 6.61. The van der Waals surface area contributed by atoms with Gasteiger partial charge in [-0.25, -0.2) is 17.9 Å². The standard InChI is InChI=1S/C29H26BrClN2O4S/c1-20-11-17-26(18-12-20)38(35,36)33-27(21-13-15-23(30)16-14-21)29(28(34)37-2,22-7-4-3-5-8-22)32-25-10-6-9-24(31)19-25/h3-19,27,32-33H,1-2H3/t27-,29-/m0/s1. The molecule has 0 saturated carbocycles. The fraction of sp³-hybridized carbons (Fsp3) is 0.138. The van der Waals surface area contributed by atoms with Crippen molar-refractivity contribution in [2.45, 2.75) is 23.4 Å². The third-order valence-corrected chi connectivity index (χ3v) is 8.35. The molecule has 0 saturated heterocycles. The largest absolute Gasteiger partial charge is 0.467 e. The van der Waals surface area contributed by atoms with Gasteiger partial charge in [0.15, 0.2) is 5.54 Å². The maximum atomic E-state index is 13.9. The Hall–Kier alpha value is -3.17. The number of benzene rings is 4. The molecular formula is C29H26BrClN2O4S. The number of methoxy groups -OCH3 is 1. The molecule has 2 atom stereocenters. The predicted molar refractivity (Wildman–Crippen MR) is 154 cm³/mol. The molecule has 0 aromatic heterocycles.